The van der Waals surface area contributed by atoms with E-state index < -0.39 is 11.4 Å². The third-order valence-electron chi connectivity index (χ3n) is 5.16. The molecule has 0 aliphatic heterocycles. The SMILES string of the molecule is CCCCC(CC)COP([O-])(=S)SCC(C)C.CCCCC(CC)COP([O-])(=S)SCC(C)C.[Cu+2]. The van der Waals surface area contributed by atoms with E-state index in [1.807, 2.05) is 0 Å². The molecular weight excluding hydrogens is 606 g/mol. The second kappa shape index (κ2) is 25.3. The van der Waals surface area contributed by atoms with Gasteiger partial charge in [-0.25, -0.2) is 0 Å². The van der Waals surface area contributed by atoms with Crippen molar-refractivity contribution in [2.45, 2.75) is 107 Å². The molecule has 11 heteroatoms. The van der Waals surface area contributed by atoms with Gasteiger partial charge >= 0.3 is 17.1 Å². The largest absolute Gasteiger partial charge is 2.00 e. The summed E-state index contributed by atoms with van der Waals surface area (Å²) in [7, 11) is 0. The predicted octanol–water partition coefficient (Wildman–Crippen LogP) is 8.38. The Bertz CT molecular complexity index is 524. The van der Waals surface area contributed by atoms with E-state index in [1.54, 1.807) is 0 Å². The first-order valence-electron chi connectivity index (χ1n) is 13.0. The summed E-state index contributed by atoms with van der Waals surface area (Å²) in [6.45, 7) is 18.2. The minimum absolute atomic E-state index is 0. The zero-order valence-electron chi connectivity index (χ0n) is 23.3. The standard InChI is InChI=1S/2C12H27O2PS2.Cu/c2*1-5-7-8-12(6-2)9-14-15(13,16)17-10-11(3)4;/h2*11-12H,5-10H2,1-4H3,(H,13,16);/q;;+2/p-2. The summed E-state index contributed by atoms with van der Waals surface area (Å²) in [6, 6.07) is 0. The van der Waals surface area contributed by atoms with E-state index in [-0.39, 0.29) is 17.1 Å². The molecule has 0 fully saturated rings. The van der Waals surface area contributed by atoms with Crippen LogP contribution in [-0.2, 0) is 49.7 Å². The van der Waals surface area contributed by atoms with E-state index in [1.165, 1.54) is 48.4 Å². The molecule has 0 rings (SSSR count). The maximum atomic E-state index is 12.0. The molecule has 0 spiro atoms. The van der Waals surface area contributed by atoms with Gasteiger partial charge in [-0.05, 0) is 36.5 Å². The van der Waals surface area contributed by atoms with Crippen LogP contribution in [0.3, 0.4) is 0 Å². The van der Waals surface area contributed by atoms with Crippen molar-refractivity contribution in [3.63, 3.8) is 0 Å². The van der Waals surface area contributed by atoms with Crippen molar-refractivity contribution in [2.24, 2.45) is 23.7 Å². The Morgan fingerprint density at radius 1 is 0.686 bits per heavy atom. The van der Waals surface area contributed by atoms with Crippen LogP contribution in [0, 0.1) is 23.7 Å². The molecule has 0 heterocycles. The predicted molar refractivity (Wildman–Crippen MR) is 162 cm³/mol. The average molecular weight is 658 g/mol. The van der Waals surface area contributed by atoms with Crippen molar-refractivity contribution in [1.29, 1.82) is 0 Å². The zero-order chi connectivity index (χ0) is 26.6. The number of unbranched alkanes of at least 4 members (excludes halogenated alkanes) is 2. The van der Waals surface area contributed by atoms with Crippen LogP contribution in [0.4, 0.5) is 0 Å². The maximum Gasteiger partial charge on any atom is 2.00 e. The molecule has 1 radical (unpaired) electrons. The molecule has 217 valence electrons. The summed E-state index contributed by atoms with van der Waals surface area (Å²) in [5.41, 5.74) is -5.69. The van der Waals surface area contributed by atoms with Crippen molar-refractivity contribution < 1.29 is 35.9 Å². The molecule has 4 atom stereocenters. The number of hydrogen-bond donors (Lipinski definition) is 0. The van der Waals surface area contributed by atoms with Gasteiger partial charge < -0.3 is 18.8 Å². The monoisotopic (exact) mass is 657 g/mol. The van der Waals surface area contributed by atoms with Gasteiger partial charge in [-0.2, -0.15) is 0 Å². The third-order valence-corrected chi connectivity index (χ3v) is 14.3. The zero-order valence-corrected chi connectivity index (χ0v) is 29.3. The Balaban J connectivity index is -0.000000569. The summed E-state index contributed by atoms with van der Waals surface area (Å²) >= 11 is 12.7. The second-order valence-corrected chi connectivity index (χ2v) is 21.9. The Kier molecular flexibility index (Phi) is 30.3. The quantitative estimate of drug-likeness (QED) is 0.0956. The van der Waals surface area contributed by atoms with E-state index in [9.17, 15) is 9.79 Å². The fourth-order valence-corrected chi connectivity index (χ4v) is 9.80. The van der Waals surface area contributed by atoms with Gasteiger partial charge in [-0.15, -0.1) is 22.8 Å². The average Bonchev–Trinajstić information content (AvgIpc) is 2.77. The minimum Gasteiger partial charge on any atom is -0.793 e. The molecule has 0 saturated carbocycles. The summed E-state index contributed by atoms with van der Waals surface area (Å²) in [6.07, 6.45) is 9.27. The number of hydrogen-bond acceptors (Lipinski definition) is 8. The smallest absolute Gasteiger partial charge is 0.793 e. The van der Waals surface area contributed by atoms with Crippen LogP contribution in [0.2, 0.25) is 0 Å². The van der Waals surface area contributed by atoms with Gasteiger partial charge in [0, 0.05) is 22.9 Å². The van der Waals surface area contributed by atoms with Gasteiger partial charge in [0.2, 0.25) is 0 Å². The Hall–Kier alpha value is 2.36. The molecule has 0 aliphatic rings. The minimum atomic E-state index is -2.85. The van der Waals surface area contributed by atoms with Crippen LogP contribution >= 0.6 is 34.2 Å². The molecule has 0 aliphatic carbocycles. The van der Waals surface area contributed by atoms with Crippen molar-refractivity contribution in [3.8, 4) is 0 Å². The summed E-state index contributed by atoms with van der Waals surface area (Å²) < 4.78 is 10.9. The first-order chi connectivity index (χ1) is 15.8. The van der Waals surface area contributed by atoms with Crippen molar-refractivity contribution in [3.05, 3.63) is 0 Å². The van der Waals surface area contributed by atoms with E-state index in [4.69, 9.17) is 32.7 Å². The molecule has 0 N–H and O–H groups in total. The molecule has 0 aromatic heterocycles. The molecule has 4 nitrogen and oxygen atoms in total. The summed E-state index contributed by atoms with van der Waals surface area (Å²) in [4.78, 5) is 23.9. The molecule has 0 amide bonds. The van der Waals surface area contributed by atoms with Crippen molar-refractivity contribution in [1.82, 2.24) is 0 Å². The van der Waals surface area contributed by atoms with Gasteiger partial charge in [-0.3, -0.25) is 0 Å². The Morgan fingerprint density at radius 3 is 1.23 bits per heavy atom. The van der Waals surface area contributed by atoms with Gasteiger partial charge in [-0.1, -0.05) is 118 Å². The first kappa shape index (κ1) is 41.8. The summed E-state index contributed by atoms with van der Waals surface area (Å²) in [5.74, 6) is 3.64. The van der Waals surface area contributed by atoms with E-state index in [0.29, 0.717) is 36.9 Å². The third kappa shape index (κ3) is 29.2. The molecule has 0 bridgehead atoms. The van der Waals surface area contributed by atoms with Crippen LogP contribution in [0.15, 0.2) is 0 Å². The van der Waals surface area contributed by atoms with E-state index >= 15 is 0 Å². The fraction of sp³-hybridized carbons (Fsp3) is 1.00. The van der Waals surface area contributed by atoms with Crippen LogP contribution < -0.4 is 9.79 Å². The normalized spacial score (nSPS) is 16.6. The van der Waals surface area contributed by atoms with Crippen LogP contribution in [0.1, 0.15) is 107 Å². The summed E-state index contributed by atoms with van der Waals surface area (Å²) in [5, 5.41) is 0. The van der Waals surface area contributed by atoms with Crippen molar-refractivity contribution in [2.75, 3.05) is 24.7 Å². The van der Waals surface area contributed by atoms with Gasteiger partial charge in [0.15, 0.2) is 0 Å². The van der Waals surface area contributed by atoms with Crippen LogP contribution in [-0.4, -0.2) is 24.7 Å². The number of rotatable bonds is 20. The Labute approximate surface area is 247 Å². The molecule has 0 saturated heterocycles. The fourth-order valence-electron chi connectivity index (χ4n) is 2.74. The van der Waals surface area contributed by atoms with Crippen molar-refractivity contribution >= 4 is 57.8 Å². The second-order valence-electron chi connectivity index (χ2n) is 9.70. The molecular formula is C24H52CuO4P2S4. The van der Waals surface area contributed by atoms with E-state index in [0.717, 1.165) is 37.2 Å². The van der Waals surface area contributed by atoms with Gasteiger partial charge in [0.05, 0.1) is 13.2 Å². The van der Waals surface area contributed by atoms with Gasteiger partial charge in [0.25, 0.3) is 0 Å². The molecule has 0 aromatic rings. The van der Waals surface area contributed by atoms with E-state index in [2.05, 4.69) is 55.4 Å². The van der Waals surface area contributed by atoms with Crippen LogP contribution in [0.25, 0.3) is 0 Å². The maximum absolute atomic E-state index is 12.0. The molecule has 4 unspecified atom stereocenters. The Morgan fingerprint density at radius 2 is 1.00 bits per heavy atom. The van der Waals surface area contributed by atoms with Crippen LogP contribution in [0.5, 0.6) is 0 Å². The van der Waals surface area contributed by atoms with Gasteiger partial charge in [0.1, 0.15) is 0 Å². The molecule has 35 heavy (non-hydrogen) atoms. The topological polar surface area (TPSA) is 64.6 Å². The molecule has 0 aromatic carbocycles. The first-order valence-corrected chi connectivity index (χ1v) is 21.5.